The number of hydrogen-bond acceptors (Lipinski definition) is 2. The number of anilines is 3. The van der Waals surface area contributed by atoms with Crippen LogP contribution in [0.25, 0.3) is 42.4 Å². The molecule has 0 amide bonds. The monoisotopic (exact) mass is 667 g/mol. The summed E-state index contributed by atoms with van der Waals surface area (Å²) >= 11 is 1.88. The number of rotatable bonds is 6. The highest BCUT2D eigenvalue weighted by molar-refractivity contribution is 7.26. The first-order valence-electron chi connectivity index (χ1n) is 17.5. The van der Waals surface area contributed by atoms with Crippen molar-refractivity contribution in [2.24, 2.45) is 0 Å². The van der Waals surface area contributed by atoms with E-state index in [-0.39, 0.29) is 0 Å². The van der Waals surface area contributed by atoms with Crippen LogP contribution in [0.15, 0.2) is 200 Å². The highest BCUT2D eigenvalue weighted by atomic mass is 32.1. The molecule has 0 saturated heterocycles. The van der Waals surface area contributed by atoms with E-state index < -0.39 is 5.41 Å². The Balaban J connectivity index is 1.23. The molecule has 9 aromatic rings. The molecule has 1 aliphatic carbocycles. The average Bonchev–Trinajstić information content (AvgIpc) is 3.74. The van der Waals surface area contributed by atoms with Crippen LogP contribution < -0.4 is 4.90 Å². The van der Waals surface area contributed by atoms with Crippen molar-refractivity contribution in [2.75, 3.05) is 4.90 Å². The van der Waals surface area contributed by atoms with Crippen LogP contribution in [-0.4, -0.2) is 0 Å². The number of nitrogens with zero attached hydrogens (tertiary/aromatic N) is 1. The molecular weight excluding hydrogens is 635 g/mol. The summed E-state index contributed by atoms with van der Waals surface area (Å²) in [6.45, 7) is 0. The molecule has 0 radical (unpaired) electrons. The second-order valence-electron chi connectivity index (χ2n) is 13.2. The molecule has 51 heavy (non-hydrogen) atoms. The van der Waals surface area contributed by atoms with Crippen LogP contribution in [0.4, 0.5) is 17.1 Å². The molecule has 0 atom stereocenters. The van der Waals surface area contributed by atoms with E-state index in [1.54, 1.807) is 0 Å². The third kappa shape index (κ3) is 4.54. The first kappa shape index (κ1) is 29.7. The van der Waals surface area contributed by atoms with Crippen LogP contribution >= 0.6 is 11.3 Å². The van der Waals surface area contributed by atoms with Crippen LogP contribution in [0.1, 0.15) is 22.3 Å². The number of thiophene rings is 1. The summed E-state index contributed by atoms with van der Waals surface area (Å²) in [5, 5.41) is 2.56. The molecule has 0 spiro atoms. The van der Waals surface area contributed by atoms with Crippen molar-refractivity contribution >= 4 is 48.6 Å². The lowest BCUT2D eigenvalue weighted by Gasteiger charge is -2.34. The minimum absolute atomic E-state index is 0.431. The van der Waals surface area contributed by atoms with Gasteiger partial charge < -0.3 is 4.90 Å². The van der Waals surface area contributed by atoms with Gasteiger partial charge in [-0.25, -0.2) is 0 Å². The first-order chi connectivity index (χ1) is 25.3. The summed E-state index contributed by atoms with van der Waals surface area (Å²) in [4.78, 5) is 2.44. The molecule has 8 aromatic carbocycles. The predicted octanol–water partition coefficient (Wildman–Crippen LogP) is 13.6. The maximum absolute atomic E-state index is 2.48. The standard InChI is InChI=1S/C49H33NS/c1-4-17-34(18-5-1)38-23-12-15-29-45(38)50(37-21-8-3-9-22-37)46-30-16-26-41-42-33-36(31-32-47(42)51-48(41)46)49(35-19-6-2-7-20-35)43-27-13-10-24-39(43)40-25-11-14-28-44(40)49/h1-33H. The van der Waals surface area contributed by atoms with Crippen molar-refractivity contribution < 1.29 is 0 Å². The Morgan fingerprint density at radius 3 is 1.67 bits per heavy atom. The lowest BCUT2D eigenvalue weighted by atomic mass is 9.67. The predicted molar refractivity (Wildman–Crippen MR) is 217 cm³/mol. The molecule has 0 bridgehead atoms. The molecule has 1 aromatic heterocycles. The zero-order valence-electron chi connectivity index (χ0n) is 27.9. The van der Waals surface area contributed by atoms with Gasteiger partial charge in [0.05, 0.1) is 21.5 Å². The summed E-state index contributed by atoms with van der Waals surface area (Å²) in [5.74, 6) is 0. The van der Waals surface area contributed by atoms with Gasteiger partial charge in [0.1, 0.15) is 0 Å². The molecule has 0 N–H and O–H groups in total. The Kier molecular flexibility index (Phi) is 6.97. The highest BCUT2D eigenvalue weighted by Crippen LogP contribution is 2.57. The SMILES string of the molecule is c1ccc(-c2ccccc2N(c2ccccc2)c2cccc3c2sc2ccc(C4(c5ccccc5)c5ccccc5-c5ccccc54)cc23)cc1. The maximum Gasteiger partial charge on any atom is 0.0713 e. The van der Waals surface area contributed by atoms with E-state index in [4.69, 9.17) is 0 Å². The summed E-state index contributed by atoms with van der Waals surface area (Å²) in [6, 6.07) is 73.3. The Bertz CT molecular complexity index is 2650. The summed E-state index contributed by atoms with van der Waals surface area (Å²) in [6.07, 6.45) is 0. The zero-order chi connectivity index (χ0) is 33.8. The van der Waals surface area contributed by atoms with E-state index in [0.717, 1.165) is 11.4 Å². The molecule has 0 fully saturated rings. The van der Waals surface area contributed by atoms with E-state index in [9.17, 15) is 0 Å². The van der Waals surface area contributed by atoms with Crippen LogP contribution in [-0.2, 0) is 5.41 Å². The van der Waals surface area contributed by atoms with Crippen molar-refractivity contribution in [2.45, 2.75) is 5.41 Å². The van der Waals surface area contributed by atoms with Crippen molar-refractivity contribution in [3.05, 3.63) is 222 Å². The van der Waals surface area contributed by atoms with Crippen molar-refractivity contribution in [3.63, 3.8) is 0 Å². The third-order valence-corrected chi connectivity index (χ3v) is 11.8. The number of benzene rings is 8. The van der Waals surface area contributed by atoms with Gasteiger partial charge >= 0.3 is 0 Å². The number of hydrogen-bond donors (Lipinski definition) is 0. The fourth-order valence-electron chi connectivity index (χ4n) is 8.42. The fraction of sp³-hybridized carbons (Fsp3) is 0.0204. The Morgan fingerprint density at radius 1 is 0.392 bits per heavy atom. The molecule has 10 rings (SSSR count). The molecule has 2 heteroatoms. The van der Waals surface area contributed by atoms with Crippen LogP contribution in [0.2, 0.25) is 0 Å². The molecule has 1 nitrogen and oxygen atoms in total. The fourth-order valence-corrected chi connectivity index (χ4v) is 9.61. The summed E-state index contributed by atoms with van der Waals surface area (Å²) in [5.41, 5.74) is 13.3. The maximum atomic E-state index is 2.48. The molecule has 0 aliphatic heterocycles. The van der Waals surface area contributed by atoms with Gasteiger partial charge in [-0.1, -0.05) is 164 Å². The summed E-state index contributed by atoms with van der Waals surface area (Å²) < 4.78 is 2.56. The summed E-state index contributed by atoms with van der Waals surface area (Å²) in [7, 11) is 0. The zero-order valence-corrected chi connectivity index (χ0v) is 28.7. The lowest BCUT2D eigenvalue weighted by Crippen LogP contribution is -2.28. The minimum Gasteiger partial charge on any atom is -0.308 e. The van der Waals surface area contributed by atoms with Crippen LogP contribution in [0.3, 0.4) is 0 Å². The van der Waals surface area contributed by atoms with Gasteiger partial charge in [0.15, 0.2) is 0 Å². The molecular formula is C49H33NS. The molecule has 0 saturated carbocycles. The normalized spacial score (nSPS) is 12.9. The largest absolute Gasteiger partial charge is 0.308 e. The van der Waals surface area contributed by atoms with Crippen molar-refractivity contribution in [1.82, 2.24) is 0 Å². The highest BCUT2D eigenvalue weighted by Gasteiger charge is 2.46. The molecule has 1 aliphatic rings. The van der Waals surface area contributed by atoms with Gasteiger partial charge in [-0.15, -0.1) is 11.3 Å². The van der Waals surface area contributed by atoms with Crippen LogP contribution in [0, 0.1) is 0 Å². The van der Waals surface area contributed by atoms with E-state index >= 15 is 0 Å². The van der Waals surface area contributed by atoms with Crippen LogP contribution in [0.5, 0.6) is 0 Å². The quantitative estimate of drug-likeness (QED) is 0.171. The van der Waals surface area contributed by atoms with Gasteiger partial charge in [0, 0.05) is 26.7 Å². The van der Waals surface area contributed by atoms with E-state index in [1.807, 2.05) is 11.3 Å². The van der Waals surface area contributed by atoms with Gasteiger partial charge in [-0.05, 0) is 75.3 Å². The second kappa shape index (κ2) is 12.0. The second-order valence-corrected chi connectivity index (χ2v) is 14.3. The Labute approximate surface area is 302 Å². The lowest BCUT2D eigenvalue weighted by molar-refractivity contribution is 0.770. The van der Waals surface area contributed by atoms with Gasteiger partial charge in [-0.2, -0.15) is 0 Å². The van der Waals surface area contributed by atoms with Crippen molar-refractivity contribution in [1.29, 1.82) is 0 Å². The van der Waals surface area contributed by atoms with Gasteiger partial charge in [0.25, 0.3) is 0 Å². The topological polar surface area (TPSA) is 3.24 Å². The van der Waals surface area contributed by atoms with Gasteiger partial charge in [0.2, 0.25) is 0 Å². The van der Waals surface area contributed by atoms with Crippen molar-refractivity contribution in [3.8, 4) is 22.3 Å². The molecule has 240 valence electrons. The average molecular weight is 668 g/mol. The smallest absolute Gasteiger partial charge is 0.0713 e. The number of fused-ring (bicyclic) bond motifs is 6. The van der Waals surface area contributed by atoms with E-state index in [1.165, 1.54) is 70.4 Å². The number of para-hydroxylation sites is 2. The molecule has 0 unspecified atom stereocenters. The third-order valence-electron chi connectivity index (χ3n) is 10.6. The Morgan fingerprint density at radius 2 is 0.961 bits per heavy atom. The van der Waals surface area contributed by atoms with E-state index in [2.05, 4.69) is 205 Å². The first-order valence-corrected chi connectivity index (χ1v) is 18.3. The molecule has 1 heterocycles. The minimum atomic E-state index is -0.431. The Hall–Kier alpha value is -6.22. The van der Waals surface area contributed by atoms with Gasteiger partial charge in [-0.3, -0.25) is 0 Å². The van der Waals surface area contributed by atoms with E-state index in [0.29, 0.717) is 0 Å².